The molecule has 0 atom stereocenters. The van der Waals surface area contributed by atoms with Crippen LogP contribution >= 0.6 is 0 Å². The smallest absolute Gasteiger partial charge is 0.309 e. The van der Waals surface area contributed by atoms with Crippen LogP contribution < -0.4 is 0 Å². The van der Waals surface area contributed by atoms with E-state index in [1.165, 1.54) is 14.2 Å². The summed E-state index contributed by atoms with van der Waals surface area (Å²) in [4.78, 5) is 45.8. The second-order valence-corrected chi connectivity index (χ2v) is 4.35. The summed E-state index contributed by atoms with van der Waals surface area (Å²) in [5.41, 5.74) is -1.56. The van der Waals surface area contributed by atoms with Crippen LogP contribution in [0.25, 0.3) is 0 Å². The summed E-state index contributed by atoms with van der Waals surface area (Å²) in [6.07, 6.45) is -0.813. The molecule has 0 aliphatic heterocycles. The lowest BCUT2D eigenvalue weighted by Gasteiger charge is -2.30. The van der Waals surface area contributed by atoms with E-state index >= 15 is 0 Å². The van der Waals surface area contributed by atoms with Gasteiger partial charge >= 0.3 is 17.9 Å². The summed E-state index contributed by atoms with van der Waals surface area (Å²) >= 11 is 0. The predicted molar refractivity (Wildman–Crippen MR) is 67.7 cm³/mol. The first kappa shape index (κ1) is 18.1. The fraction of sp³-hybridized carbons (Fsp3) is 0.692. The Bertz CT molecular complexity index is 341. The number of esters is 3. The van der Waals surface area contributed by atoms with Crippen molar-refractivity contribution in [2.45, 2.75) is 45.1 Å². The molecule has 0 saturated carbocycles. The summed E-state index contributed by atoms with van der Waals surface area (Å²) in [7, 11) is 2.33. The summed E-state index contributed by atoms with van der Waals surface area (Å²) in [6.45, 7) is 2.77. The number of ketones is 1. The van der Waals surface area contributed by atoms with Gasteiger partial charge in [0.15, 0.2) is 0 Å². The molecule has 0 saturated heterocycles. The lowest BCUT2D eigenvalue weighted by atomic mass is 9.88. The molecule has 0 heterocycles. The van der Waals surface area contributed by atoms with Crippen molar-refractivity contribution in [3.8, 4) is 0 Å². The summed E-state index contributed by atoms with van der Waals surface area (Å²) < 4.78 is 14.1. The van der Waals surface area contributed by atoms with Crippen LogP contribution in [0.3, 0.4) is 0 Å². The minimum absolute atomic E-state index is 0.200. The Kier molecular flexibility index (Phi) is 7.49. The van der Waals surface area contributed by atoms with Crippen molar-refractivity contribution in [2.75, 3.05) is 14.2 Å². The molecule has 0 N–H and O–H groups in total. The topological polar surface area (TPSA) is 96.0 Å². The zero-order valence-electron chi connectivity index (χ0n) is 12.2. The third-order valence-electron chi connectivity index (χ3n) is 2.66. The Morgan fingerprint density at radius 2 is 1.35 bits per heavy atom. The van der Waals surface area contributed by atoms with Gasteiger partial charge < -0.3 is 14.2 Å². The molecule has 0 spiro atoms. The van der Waals surface area contributed by atoms with Crippen molar-refractivity contribution in [1.29, 1.82) is 0 Å². The van der Waals surface area contributed by atoms with Crippen molar-refractivity contribution >= 4 is 23.7 Å². The SMILES string of the molecule is CCC(=O)CC(CC(=O)OC)(CC(=O)OC)OC(C)=O. The van der Waals surface area contributed by atoms with Gasteiger partial charge in [-0.1, -0.05) is 6.92 Å². The van der Waals surface area contributed by atoms with Gasteiger partial charge in [-0.15, -0.1) is 0 Å². The molecule has 0 aliphatic rings. The fourth-order valence-corrected chi connectivity index (χ4v) is 1.76. The van der Waals surface area contributed by atoms with Gasteiger partial charge in [0.1, 0.15) is 11.4 Å². The molecule has 0 aliphatic carbocycles. The van der Waals surface area contributed by atoms with E-state index in [4.69, 9.17) is 4.74 Å². The quantitative estimate of drug-likeness (QED) is 0.481. The van der Waals surface area contributed by atoms with Crippen LogP contribution in [0.2, 0.25) is 0 Å². The maximum absolute atomic E-state index is 11.7. The molecule has 0 amide bonds. The molecule has 7 heteroatoms. The van der Waals surface area contributed by atoms with E-state index in [0.29, 0.717) is 0 Å². The first-order valence-electron chi connectivity index (χ1n) is 6.13. The highest BCUT2D eigenvalue weighted by molar-refractivity contribution is 5.83. The van der Waals surface area contributed by atoms with Gasteiger partial charge in [-0.2, -0.15) is 0 Å². The van der Waals surface area contributed by atoms with Crippen molar-refractivity contribution in [2.24, 2.45) is 0 Å². The van der Waals surface area contributed by atoms with Crippen molar-refractivity contribution < 1.29 is 33.4 Å². The third kappa shape index (κ3) is 6.31. The standard InChI is InChI=1S/C13H20O7/c1-5-10(15)6-13(20-9(2)14,7-11(16)18-3)8-12(17)19-4/h5-8H2,1-4H3. The van der Waals surface area contributed by atoms with Crippen LogP contribution in [0.1, 0.15) is 39.5 Å². The molecule has 0 aromatic carbocycles. The zero-order chi connectivity index (χ0) is 15.8. The van der Waals surface area contributed by atoms with E-state index in [-0.39, 0.29) is 31.5 Å². The number of carbonyl (C=O) groups is 4. The van der Waals surface area contributed by atoms with Crippen LogP contribution in [0.4, 0.5) is 0 Å². The van der Waals surface area contributed by atoms with Gasteiger partial charge in [-0.25, -0.2) is 0 Å². The molecule has 0 aromatic heterocycles. The molecule has 0 aromatic rings. The van der Waals surface area contributed by atoms with Gasteiger partial charge in [0.25, 0.3) is 0 Å². The number of Topliss-reactive ketones (excluding diaryl/α,β-unsaturated/α-hetero) is 1. The lowest BCUT2D eigenvalue weighted by molar-refractivity contribution is -0.170. The van der Waals surface area contributed by atoms with E-state index in [1.807, 2.05) is 0 Å². The molecule has 0 bridgehead atoms. The molecule has 114 valence electrons. The van der Waals surface area contributed by atoms with E-state index in [0.717, 1.165) is 6.92 Å². The Morgan fingerprint density at radius 1 is 0.900 bits per heavy atom. The van der Waals surface area contributed by atoms with E-state index in [1.54, 1.807) is 6.92 Å². The second kappa shape index (κ2) is 8.29. The predicted octanol–water partition coefficient (Wildman–Crippen LogP) is 0.784. The average molecular weight is 288 g/mol. The molecule has 0 unspecified atom stereocenters. The average Bonchev–Trinajstić information content (AvgIpc) is 2.36. The molecule has 20 heavy (non-hydrogen) atoms. The fourth-order valence-electron chi connectivity index (χ4n) is 1.76. The summed E-state index contributed by atoms with van der Waals surface area (Å²) in [5, 5.41) is 0. The number of ether oxygens (including phenoxy) is 3. The molecular formula is C13H20O7. The van der Waals surface area contributed by atoms with Crippen molar-refractivity contribution in [1.82, 2.24) is 0 Å². The number of hydrogen-bond donors (Lipinski definition) is 0. The Hall–Kier alpha value is -1.92. The third-order valence-corrected chi connectivity index (χ3v) is 2.66. The second-order valence-electron chi connectivity index (χ2n) is 4.35. The maximum atomic E-state index is 11.7. The minimum Gasteiger partial charge on any atom is -0.469 e. The highest BCUT2D eigenvalue weighted by Crippen LogP contribution is 2.28. The van der Waals surface area contributed by atoms with Crippen LogP contribution in [0.5, 0.6) is 0 Å². The van der Waals surface area contributed by atoms with Crippen LogP contribution in [0.15, 0.2) is 0 Å². The van der Waals surface area contributed by atoms with Crippen molar-refractivity contribution in [3.05, 3.63) is 0 Å². The Balaban J connectivity index is 5.35. The Labute approximate surface area is 117 Å². The van der Waals surface area contributed by atoms with E-state index in [9.17, 15) is 19.2 Å². The first-order valence-corrected chi connectivity index (χ1v) is 6.13. The Morgan fingerprint density at radius 3 is 1.65 bits per heavy atom. The number of hydrogen-bond acceptors (Lipinski definition) is 7. The molecule has 0 radical (unpaired) electrons. The monoisotopic (exact) mass is 288 g/mol. The van der Waals surface area contributed by atoms with Crippen molar-refractivity contribution in [3.63, 3.8) is 0 Å². The molecule has 0 fully saturated rings. The van der Waals surface area contributed by atoms with Gasteiger partial charge in [0, 0.05) is 19.8 Å². The molecule has 0 rings (SSSR count). The van der Waals surface area contributed by atoms with Crippen LogP contribution in [0, 0.1) is 0 Å². The van der Waals surface area contributed by atoms with E-state index in [2.05, 4.69) is 9.47 Å². The number of methoxy groups -OCH3 is 2. The normalized spacial score (nSPS) is 10.6. The number of carbonyl (C=O) groups excluding carboxylic acids is 4. The lowest BCUT2D eigenvalue weighted by Crippen LogP contribution is -2.41. The zero-order valence-corrected chi connectivity index (χ0v) is 12.2. The van der Waals surface area contributed by atoms with Crippen LogP contribution in [-0.4, -0.2) is 43.5 Å². The largest absolute Gasteiger partial charge is 0.469 e. The van der Waals surface area contributed by atoms with Gasteiger partial charge in [0.2, 0.25) is 0 Å². The molecular weight excluding hydrogens is 268 g/mol. The first-order chi connectivity index (χ1) is 9.28. The minimum atomic E-state index is -1.56. The maximum Gasteiger partial charge on any atom is 0.309 e. The van der Waals surface area contributed by atoms with E-state index < -0.39 is 23.5 Å². The molecule has 7 nitrogen and oxygen atoms in total. The highest BCUT2D eigenvalue weighted by atomic mass is 16.6. The van der Waals surface area contributed by atoms with Gasteiger partial charge in [0.05, 0.1) is 27.1 Å². The number of rotatable bonds is 8. The highest BCUT2D eigenvalue weighted by Gasteiger charge is 2.41. The summed E-state index contributed by atoms with van der Waals surface area (Å²) in [5.74, 6) is -2.29. The van der Waals surface area contributed by atoms with Gasteiger partial charge in [-0.05, 0) is 0 Å². The van der Waals surface area contributed by atoms with Gasteiger partial charge in [-0.3, -0.25) is 19.2 Å². The van der Waals surface area contributed by atoms with Crippen LogP contribution in [-0.2, 0) is 33.4 Å². The summed E-state index contributed by atoms with van der Waals surface area (Å²) in [6, 6.07) is 0.